The van der Waals surface area contributed by atoms with Gasteiger partial charge < -0.3 is 9.47 Å². The van der Waals surface area contributed by atoms with Crippen LogP contribution in [0, 0.1) is 11.7 Å². The second-order valence-corrected chi connectivity index (χ2v) is 8.00. The number of hydrogen-bond donors (Lipinski definition) is 1. The van der Waals surface area contributed by atoms with Gasteiger partial charge in [0, 0.05) is 36.5 Å². The molecule has 5 rings (SSSR count). The highest BCUT2D eigenvalue weighted by molar-refractivity contribution is 5.94. The van der Waals surface area contributed by atoms with E-state index < -0.39 is 0 Å². The normalized spacial score (nSPS) is 18.9. The second-order valence-electron chi connectivity index (χ2n) is 8.00. The second kappa shape index (κ2) is 7.40. The molecule has 1 aliphatic rings. The minimum absolute atomic E-state index is 0.0368. The lowest BCUT2D eigenvalue weighted by Crippen LogP contribution is -2.34. The number of hydrogen-bond acceptors (Lipinski definition) is 3. The summed E-state index contributed by atoms with van der Waals surface area (Å²) in [7, 11) is 0. The molecule has 7 heteroatoms. The first kappa shape index (κ1) is 18.5. The van der Waals surface area contributed by atoms with Gasteiger partial charge in [0.1, 0.15) is 5.82 Å². The van der Waals surface area contributed by atoms with E-state index in [0.717, 1.165) is 35.1 Å². The average Bonchev–Trinajstić information content (AvgIpc) is 3.49. The summed E-state index contributed by atoms with van der Waals surface area (Å²) in [6.45, 7) is 3.56. The molecule has 4 aromatic rings. The fourth-order valence-electron chi connectivity index (χ4n) is 4.39. The summed E-state index contributed by atoms with van der Waals surface area (Å²) in [6, 6.07) is 12.2. The van der Waals surface area contributed by atoms with E-state index >= 15 is 0 Å². The Labute approximate surface area is 173 Å². The van der Waals surface area contributed by atoms with Gasteiger partial charge in [0.25, 0.3) is 5.91 Å². The monoisotopic (exact) mass is 403 g/mol. The van der Waals surface area contributed by atoms with Crippen LogP contribution in [0.4, 0.5) is 4.39 Å². The largest absolute Gasteiger partial charge is 0.336 e. The number of benzene rings is 2. The molecule has 0 spiro atoms. The van der Waals surface area contributed by atoms with Gasteiger partial charge in [0.05, 0.1) is 23.6 Å². The Balaban J connectivity index is 1.32. The minimum Gasteiger partial charge on any atom is -0.336 e. The predicted octanol–water partition coefficient (Wildman–Crippen LogP) is 4.12. The van der Waals surface area contributed by atoms with Crippen molar-refractivity contribution in [1.29, 1.82) is 0 Å². The predicted molar refractivity (Wildman–Crippen MR) is 112 cm³/mol. The van der Waals surface area contributed by atoms with E-state index in [1.807, 2.05) is 17.4 Å². The molecule has 0 saturated carbocycles. The number of H-pyrrole nitrogens is 1. The van der Waals surface area contributed by atoms with Gasteiger partial charge in [-0.1, -0.05) is 6.07 Å². The molecule has 3 heterocycles. The third-order valence-electron chi connectivity index (χ3n) is 5.92. The first-order chi connectivity index (χ1) is 14.6. The summed E-state index contributed by atoms with van der Waals surface area (Å²) >= 11 is 0. The zero-order valence-electron chi connectivity index (χ0n) is 16.6. The van der Waals surface area contributed by atoms with Crippen molar-refractivity contribution in [1.82, 2.24) is 24.6 Å². The molecule has 0 aliphatic carbocycles. The number of halogens is 1. The third-order valence-corrected chi connectivity index (χ3v) is 5.92. The molecule has 2 atom stereocenters. The lowest BCUT2D eigenvalue weighted by molar-refractivity contribution is 0.0742. The van der Waals surface area contributed by atoms with Crippen molar-refractivity contribution in [3.8, 4) is 11.1 Å². The maximum absolute atomic E-state index is 13.2. The standard InChI is InChI=1S/C23H22FN5O/c1-15-8-16(13-29(15)23(30)17-2-5-20(24)6-3-17)12-28-14-25-21-9-18(4-7-22(21)28)19-10-26-27-11-19/h2-7,9-11,14-16H,8,12-13H2,1H3,(H,26,27)/t15-,16?/m0/s1. The summed E-state index contributed by atoms with van der Waals surface area (Å²) in [5, 5.41) is 6.84. The van der Waals surface area contributed by atoms with Crippen LogP contribution >= 0.6 is 0 Å². The van der Waals surface area contributed by atoms with Gasteiger partial charge in [0.15, 0.2) is 0 Å². The van der Waals surface area contributed by atoms with Gasteiger partial charge in [-0.2, -0.15) is 5.10 Å². The molecule has 1 saturated heterocycles. The number of nitrogens with zero attached hydrogens (tertiary/aromatic N) is 4. The van der Waals surface area contributed by atoms with E-state index in [0.29, 0.717) is 18.0 Å². The van der Waals surface area contributed by atoms with Gasteiger partial charge in [-0.25, -0.2) is 9.37 Å². The molecule has 1 unspecified atom stereocenters. The van der Waals surface area contributed by atoms with Crippen LogP contribution in [0.25, 0.3) is 22.2 Å². The van der Waals surface area contributed by atoms with Crippen LogP contribution in [0.2, 0.25) is 0 Å². The summed E-state index contributed by atoms with van der Waals surface area (Å²) in [5.41, 5.74) is 4.67. The Kier molecular flexibility index (Phi) is 4.58. The molecule has 2 aromatic carbocycles. The van der Waals surface area contributed by atoms with E-state index in [4.69, 9.17) is 0 Å². The maximum Gasteiger partial charge on any atom is 0.254 e. The number of likely N-dealkylation sites (tertiary alicyclic amines) is 1. The molecule has 1 aliphatic heterocycles. The van der Waals surface area contributed by atoms with Gasteiger partial charge in [0.2, 0.25) is 0 Å². The van der Waals surface area contributed by atoms with Gasteiger partial charge in [-0.15, -0.1) is 0 Å². The fourth-order valence-corrected chi connectivity index (χ4v) is 4.39. The summed E-state index contributed by atoms with van der Waals surface area (Å²) in [6.07, 6.45) is 6.47. The lowest BCUT2D eigenvalue weighted by atomic mass is 10.1. The SMILES string of the molecule is C[C@H]1CC(Cn2cnc3cc(-c4cn[nH]c4)ccc32)CN1C(=O)c1ccc(F)cc1. The molecule has 0 bridgehead atoms. The molecule has 1 fully saturated rings. The average molecular weight is 403 g/mol. The number of aromatic amines is 1. The van der Waals surface area contributed by atoms with Crippen LogP contribution in [-0.4, -0.2) is 43.1 Å². The summed E-state index contributed by atoms with van der Waals surface area (Å²) in [4.78, 5) is 19.3. The van der Waals surface area contributed by atoms with E-state index in [1.54, 1.807) is 18.3 Å². The molecular weight excluding hydrogens is 381 g/mol. The van der Waals surface area contributed by atoms with Crippen molar-refractivity contribution in [2.75, 3.05) is 6.54 Å². The molecule has 152 valence electrons. The highest BCUT2D eigenvalue weighted by Crippen LogP contribution is 2.28. The van der Waals surface area contributed by atoms with Crippen LogP contribution in [0.1, 0.15) is 23.7 Å². The van der Waals surface area contributed by atoms with Crippen molar-refractivity contribution in [2.24, 2.45) is 5.92 Å². The Morgan fingerprint density at radius 1 is 1.20 bits per heavy atom. The number of carbonyl (C=O) groups excluding carboxylic acids is 1. The minimum atomic E-state index is -0.332. The zero-order valence-corrected chi connectivity index (χ0v) is 16.6. The smallest absolute Gasteiger partial charge is 0.254 e. The van der Waals surface area contributed by atoms with Crippen LogP contribution in [0.5, 0.6) is 0 Å². The number of imidazole rings is 1. The van der Waals surface area contributed by atoms with Crippen molar-refractivity contribution in [2.45, 2.75) is 25.9 Å². The van der Waals surface area contributed by atoms with E-state index in [1.165, 1.54) is 12.1 Å². The van der Waals surface area contributed by atoms with Crippen LogP contribution in [0.3, 0.4) is 0 Å². The Morgan fingerprint density at radius 3 is 2.80 bits per heavy atom. The molecule has 1 N–H and O–H groups in total. The maximum atomic E-state index is 13.2. The number of rotatable bonds is 4. The first-order valence-corrected chi connectivity index (χ1v) is 10.1. The number of carbonyl (C=O) groups is 1. The van der Waals surface area contributed by atoms with Crippen molar-refractivity contribution in [3.05, 3.63) is 72.6 Å². The van der Waals surface area contributed by atoms with Crippen molar-refractivity contribution >= 4 is 16.9 Å². The number of nitrogens with one attached hydrogen (secondary N) is 1. The summed E-state index contributed by atoms with van der Waals surface area (Å²) < 4.78 is 15.3. The number of fused-ring (bicyclic) bond motifs is 1. The molecule has 30 heavy (non-hydrogen) atoms. The zero-order chi connectivity index (χ0) is 20.7. The highest BCUT2D eigenvalue weighted by Gasteiger charge is 2.33. The topological polar surface area (TPSA) is 66.8 Å². The number of amides is 1. The Bertz CT molecular complexity index is 1180. The number of aromatic nitrogens is 4. The first-order valence-electron chi connectivity index (χ1n) is 10.1. The fraction of sp³-hybridized carbons (Fsp3) is 0.261. The molecule has 0 radical (unpaired) electrons. The van der Waals surface area contributed by atoms with Crippen molar-refractivity contribution < 1.29 is 9.18 Å². The van der Waals surface area contributed by atoms with Crippen LogP contribution in [-0.2, 0) is 6.54 Å². The molecule has 1 amide bonds. The van der Waals surface area contributed by atoms with Gasteiger partial charge in [-0.05, 0) is 61.2 Å². The van der Waals surface area contributed by atoms with Gasteiger partial charge in [-0.3, -0.25) is 9.89 Å². The molecule has 2 aromatic heterocycles. The van der Waals surface area contributed by atoms with Crippen LogP contribution in [0.15, 0.2) is 61.2 Å². The Hall–Kier alpha value is -3.48. The quantitative estimate of drug-likeness (QED) is 0.557. The molecular formula is C23H22FN5O. The van der Waals surface area contributed by atoms with E-state index in [2.05, 4.69) is 44.9 Å². The molecule has 6 nitrogen and oxygen atoms in total. The lowest BCUT2D eigenvalue weighted by Gasteiger charge is -2.21. The van der Waals surface area contributed by atoms with Crippen LogP contribution < -0.4 is 0 Å². The van der Waals surface area contributed by atoms with Crippen molar-refractivity contribution in [3.63, 3.8) is 0 Å². The van der Waals surface area contributed by atoms with E-state index in [-0.39, 0.29) is 17.8 Å². The highest BCUT2D eigenvalue weighted by atomic mass is 19.1. The third kappa shape index (κ3) is 3.36. The van der Waals surface area contributed by atoms with Gasteiger partial charge >= 0.3 is 0 Å². The van der Waals surface area contributed by atoms with E-state index in [9.17, 15) is 9.18 Å². The summed E-state index contributed by atoms with van der Waals surface area (Å²) in [5.74, 6) is -0.0256. The Morgan fingerprint density at radius 2 is 2.03 bits per heavy atom.